The van der Waals surface area contributed by atoms with Crippen LogP contribution in [0.5, 0.6) is 0 Å². The van der Waals surface area contributed by atoms with E-state index in [4.69, 9.17) is 5.11 Å². The fourth-order valence-electron chi connectivity index (χ4n) is 2.99. The number of rotatable bonds is 4. The third kappa shape index (κ3) is 3.31. The van der Waals surface area contributed by atoms with Crippen LogP contribution in [0.25, 0.3) is 0 Å². The third-order valence-electron chi connectivity index (χ3n) is 3.94. The van der Waals surface area contributed by atoms with Crippen molar-refractivity contribution in [1.29, 1.82) is 0 Å². The molecular formula is C15H19FO2. The molecule has 2 unspecified atom stereocenters. The molecule has 0 bridgehead atoms. The van der Waals surface area contributed by atoms with Gasteiger partial charge in [0.15, 0.2) is 0 Å². The van der Waals surface area contributed by atoms with E-state index in [-0.39, 0.29) is 18.2 Å². The molecule has 0 aromatic heterocycles. The largest absolute Gasteiger partial charge is 0.481 e. The van der Waals surface area contributed by atoms with Crippen LogP contribution in [0.3, 0.4) is 0 Å². The highest BCUT2D eigenvalue weighted by Crippen LogP contribution is 2.35. The fraction of sp³-hybridized carbons (Fsp3) is 0.533. The standard InChI is InChI=1S/C15H19FO2/c16-14-8-4-3-7-13(14)9-11-5-1-2-6-12(11)10-15(17)18/h3-4,7-8,11-12H,1-2,5-6,9-10H2,(H,17,18). The molecule has 1 aromatic rings. The van der Waals surface area contributed by atoms with Crippen molar-refractivity contribution in [3.05, 3.63) is 35.6 Å². The zero-order valence-electron chi connectivity index (χ0n) is 10.4. The average Bonchev–Trinajstić information content (AvgIpc) is 2.34. The Balaban J connectivity index is 2.05. The summed E-state index contributed by atoms with van der Waals surface area (Å²) in [6, 6.07) is 6.81. The summed E-state index contributed by atoms with van der Waals surface area (Å²) in [5.74, 6) is -0.389. The van der Waals surface area contributed by atoms with Crippen LogP contribution in [0.1, 0.15) is 37.7 Å². The number of halogens is 1. The zero-order chi connectivity index (χ0) is 13.0. The first-order valence-electron chi connectivity index (χ1n) is 6.62. The topological polar surface area (TPSA) is 37.3 Å². The van der Waals surface area contributed by atoms with Gasteiger partial charge in [0.05, 0.1) is 0 Å². The van der Waals surface area contributed by atoms with E-state index in [9.17, 15) is 9.18 Å². The highest BCUT2D eigenvalue weighted by Gasteiger charge is 2.27. The van der Waals surface area contributed by atoms with E-state index in [0.29, 0.717) is 12.3 Å². The van der Waals surface area contributed by atoms with Crippen molar-refractivity contribution in [3.8, 4) is 0 Å². The molecule has 2 rings (SSSR count). The predicted octanol–water partition coefficient (Wildman–Crippen LogP) is 3.65. The maximum atomic E-state index is 13.6. The average molecular weight is 250 g/mol. The Hall–Kier alpha value is -1.38. The molecule has 18 heavy (non-hydrogen) atoms. The molecule has 0 aliphatic heterocycles. The lowest BCUT2D eigenvalue weighted by molar-refractivity contribution is -0.138. The molecule has 1 fully saturated rings. The van der Waals surface area contributed by atoms with Gasteiger partial charge in [0.2, 0.25) is 0 Å². The Morgan fingerprint density at radius 2 is 1.89 bits per heavy atom. The quantitative estimate of drug-likeness (QED) is 0.885. The van der Waals surface area contributed by atoms with Crippen molar-refractivity contribution in [2.75, 3.05) is 0 Å². The minimum absolute atomic E-state index is 0.169. The molecule has 1 aliphatic rings. The van der Waals surface area contributed by atoms with Gasteiger partial charge in [0.1, 0.15) is 5.82 Å². The first-order chi connectivity index (χ1) is 8.66. The van der Waals surface area contributed by atoms with E-state index in [0.717, 1.165) is 31.2 Å². The van der Waals surface area contributed by atoms with Crippen LogP contribution in [0.4, 0.5) is 4.39 Å². The molecular weight excluding hydrogens is 231 g/mol. The molecule has 0 heterocycles. The molecule has 1 aliphatic carbocycles. The Morgan fingerprint density at radius 1 is 1.22 bits per heavy atom. The van der Waals surface area contributed by atoms with Gasteiger partial charge >= 0.3 is 5.97 Å². The highest BCUT2D eigenvalue weighted by molar-refractivity contribution is 5.67. The summed E-state index contributed by atoms with van der Waals surface area (Å²) in [5, 5.41) is 8.93. The summed E-state index contributed by atoms with van der Waals surface area (Å²) >= 11 is 0. The van der Waals surface area contributed by atoms with Gasteiger partial charge in [-0.1, -0.05) is 31.0 Å². The van der Waals surface area contributed by atoms with Gasteiger partial charge in [-0.25, -0.2) is 4.39 Å². The fourth-order valence-corrected chi connectivity index (χ4v) is 2.99. The summed E-state index contributed by atoms with van der Waals surface area (Å²) in [6.07, 6.45) is 5.11. The number of benzene rings is 1. The van der Waals surface area contributed by atoms with E-state index in [2.05, 4.69) is 0 Å². The molecule has 1 saturated carbocycles. The second-order valence-corrected chi connectivity index (χ2v) is 5.20. The van der Waals surface area contributed by atoms with E-state index in [1.807, 2.05) is 12.1 Å². The van der Waals surface area contributed by atoms with Crippen molar-refractivity contribution in [2.24, 2.45) is 11.8 Å². The molecule has 0 radical (unpaired) electrons. The third-order valence-corrected chi connectivity index (χ3v) is 3.94. The van der Waals surface area contributed by atoms with Crippen molar-refractivity contribution in [3.63, 3.8) is 0 Å². The summed E-state index contributed by atoms with van der Waals surface area (Å²) in [4.78, 5) is 10.9. The van der Waals surface area contributed by atoms with Crippen LogP contribution in [0.2, 0.25) is 0 Å². The summed E-state index contributed by atoms with van der Waals surface area (Å²) < 4.78 is 13.6. The van der Waals surface area contributed by atoms with Crippen LogP contribution >= 0.6 is 0 Å². The van der Waals surface area contributed by atoms with Crippen molar-refractivity contribution >= 4 is 5.97 Å². The molecule has 2 nitrogen and oxygen atoms in total. The van der Waals surface area contributed by atoms with Crippen molar-refractivity contribution in [2.45, 2.75) is 38.5 Å². The predicted molar refractivity (Wildman–Crippen MR) is 67.8 cm³/mol. The molecule has 0 amide bonds. The van der Waals surface area contributed by atoms with Crippen LogP contribution in [-0.4, -0.2) is 11.1 Å². The summed E-state index contributed by atoms with van der Waals surface area (Å²) in [6.45, 7) is 0. The maximum Gasteiger partial charge on any atom is 0.303 e. The zero-order valence-corrected chi connectivity index (χ0v) is 10.4. The monoisotopic (exact) mass is 250 g/mol. The number of carboxylic acid groups (broad SMARTS) is 1. The number of hydrogen-bond donors (Lipinski definition) is 1. The van der Waals surface area contributed by atoms with Gasteiger partial charge in [-0.15, -0.1) is 0 Å². The minimum Gasteiger partial charge on any atom is -0.481 e. The summed E-state index contributed by atoms with van der Waals surface area (Å²) in [5.41, 5.74) is 0.722. The molecule has 0 spiro atoms. The second-order valence-electron chi connectivity index (χ2n) is 5.20. The van der Waals surface area contributed by atoms with Crippen molar-refractivity contribution in [1.82, 2.24) is 0 Å². The molecule has 2 atom stereocenters. The van der Waals surface area contributed by atoms with E-state index >= 15 is 0 Å². The van der Waals surface area contributed by atoms with Crippen LogP contribution in [0, 0.1) is 17.7 Å². The van der Waals surface area contributed by atoms with Gasteiger partial charge in [0, 0.05) is 6.42 Å². The van der Waals surface area contributed by atoms with Gasteiger partial charge in [-0.2, -0.15) is 0 Å². The molecule has 1 N–H and O–H groups in total. The summed E-state index contributed by atoms with van der Waals surface area (Å²) in [7, 11) is 0. The number of hydrogen-bond acceptors (Lipinski definition) is 1. The van der Waals surface area contributed by atoms with Gasteiger partial charge in [0.25, 0.3) is 0 Å². The van der Waals surface area contributed by atoms with Gasteiger partial charge < -0.3 is 5.11 Å². The highest BCUT2D eigenvalue weighted by atomic mass is 19.1. The molecule has 0 saturated heterocycles. The van der Waals surface area contributed by atoms with Crippen LogP contribution in [-0.2, 0) is 11.2 Å². The van der Waals surface area contributed by atoms with Gasteiger partial charge in [-0.3, -0.25) is 4.79 Å². The second kappa shape index (κ2) is 5.98. The molecule has 3 heteroatoms. The smallest absolute Gasteiger partial charge is 0.303 e. The normalized spacial score (nSPS) is 23.8. The lowest BCUT2D eigenvalue weighted by Crippen LogP contribution is -2.24. The number of carbonyl (C=O) groups is 1. The Kier molecular flexibility index (Phi) is 4.34. The van der Waals surface area contributed by atoms with Gasteiger partial charge in [-0.05, 0) is 42.7 Å². The Morgan fingerprint density at radius 3 is 2.56 bits per heavy atom. The molecule has 98 valence electrons. The Bertz CT molecular complexity index is 417. The lowest BCUT2D eigenvalue weighted by atomic mass is 9.74. The van der Waals surface area contributed by atoms with E-state index in [1.54, 1.807) is 6.07 Å². The van der Waals surface area contributed by atoms with Crippen LogP contribution < -0.4 is 0 Å². The van der Waals surface area contributed by atoms with Crippen LogP contribution in [0.15, 0.2) is 24.3 Å². The number of carboxylic acids is 1. The first-order valence-corrected chi connectivity index (χ1v) is 6.62. The maximum absolute atomic E-state index is 13.6. The molecule has 1 aromatic carbocycles. The first kappa shape index (κ1) is 13.1. The Labute approximate surface area is 107 Å². The number of aliphatic carboxylic acids is 1. The minimum atomic E-state index is -0.736. The van der Waals surface area contributed by atoms with E-state index in [1.165, 1.54) is 6.07 Å². The van der Waals surface area contributed by atoms with Crippen molar-refractivity contribution < 1.29 is 14.3 Å². The lowest BCUT2D eigenvalue weighted by Gasteiger charge is -2.30. The van der Waals surface area contributed by atoms with E-state index < -0.39 is 5.97 Å². The SMILES string of the molecule is O=C(O)CC1CCCCC1Cc1ccccc1F.